The number of nitrogens with two attached hydrogens (primary N) is 1. The molecule has 4 atom stereocenters. The zero-order valence-corrected chi connectivity index (χ0v) is 12.6. The van der Waals surface area contributed by atoms with Crippen LogP contribution >= 0.6 is 0 Å². The summed E-state index contributed by atoms with van der Waals surface area (Å²) < 4.78 is 6.59. The Labute approximate surface area is 139 Å². The van der Waals surface area contributed by atoms with E-state index < -0.39 is 42.9 Å². The number of anilines is 1. The van der Waals surface area contributed by atoms with Crippen LogP contribution < -0.4 is 5.73 Å². The Morgan fingerprint density at radius 1 is 1.32 bits per heavy atom. The molecular formula is C13H15N5O7. The molecule has 12 nitrogen and oxygen atoms in total. The molecule has 1 aliphatic rings. The van der Waals surface area contributed by atoms with Crippen LogP contribution in [0, 0.1) is 0 Å². The number of ketones is 1. The summed E-state index contributed by atoms with van der Waals surface area (Å²) in [6.07, 6.45) is -2.44. The quantitative estimate of drug-likeness (QED) is 0.252. The standard InChI is InChI=1S/C13H15N5O7/c14-10-6(11-15-1-4(17-11)7(20)13(23)24)16-3-18(10)12-9(22)8(21)5(2-19)25-12/h1,3,5,8-9,12,19,21-22H,2,14H2,(H,15,17)(H,23,24)/t5-,8-,9-,12-/m1/s1. The average Bonchev–Trinajstić information content (AvgIpc) is 3.27. The minimum atomic E-state index is -1.64. The first-order valence-electron chi connectivity index (χ1n) is 7.13. The predicted octanol–water partition coefficient (Wildman–Crippen LogP) is -2.27. The Kier molecular flexibility index (Phi) is 4.26. The molecule has 3 rings (SSSR count). The van der Waals surface area contributed by atoms with Gasteiger partial charge in [0.1, 0.15) is 35.5 Å². The van der Waals surface area contributed by atoms with Crippen molar-refractivity contribution in [2.45, 2.75) is 24.5 Å². The van der Waals surface area contributed by atoms with E-state index in [9.17, 15) is 19.8 Å². The first-order chi connectivity index (χ1) is 11.8. The number of carbonyl (C=O) groups is 2. The van der Waals surface area contributed by atoms with Crippen molar-refractivity contribution in [3.8, 4) is 11.5 Å². The van der Waals surface area contributed by atoms with Crippen molar-refractivity contribution in [1.29, 1.82) is 0 Å². The Balaban J connectivity index is 1.90. The Morgan fingerprint density at radius 3 is 2.64 bits per heavy atom. The van der Waals surface area contributed by atoms with Gasteiger partial charge in [-0.2, -0.15) is 0 Å². The molecule has 0 radical (unpaired) electrons. The van der Waals surface area contributed by atoms with Crippen molar-refractivity contribution in [1.82, 2.24) is 19.5 Å². The number of nitrogen functional groups attached to an aromatic ring is 1. The van der Waals surface area contributed by atoms with E-state index in [4.69, 9.17) is 20.7 Å². The lowest BCUT2D eigenvalue weighted by Gasteiger charge is -2.17. The largest absolute Gasteiger partial charge is 0.475 e. The third-order valence-corrected chi connectivity index (χ3v) is 3.86. The lowest BCUT2D eigenvalue weighted by Crippen LogP contribution is -2.33. The number of aromatic nitrogens is 4. The number of nitrogens with zero attached hydrogens (tertiary/aromatic N) is 3. The molecule has 1 aliphatic heterocycles. The molecule has 0 spiro atoms. The van der Waals surface area contributed by atoms with Gasteiger partial charge in [-0.3, -0.25) is 9.36 Å². The van der Waals surface area contributed by atoms with Gasteiger partial charge in [-0.1, -0.05) is 0 Å². The normalized spacial score (nSPS) is 26.0. The van der Waals surface area contributed by atoms with Crippen molar-refractivity contribution >= 4 is 17.6 Å². The maximum atomic E-state index is 11.4. The van der Waals surface area contributed by atoms with E-state index in [0.717, 1.165) is 6.20 Å². The van der Waals surface area contributed by atoms with Crippen LogP contribution in [0.15, 0.2) is 12.5 Å². The summed E-state index contributed by atoms with van der Waals surface area (Å²) in [5.41, 5.74) is 5.81. The first kappa shape index (κ1) is 17.0. The number of carbonyl (C=O) groups excluding carboxylic acids is 1. The maximum Gasteiger partial charge on any atom is 0.378 e. The number of carboxylic acids is 1. The lowest BCUT2D eigenvalue weighted by molar-refractivity contribution is -0.131. The molecule has 0 aromatic carbocycles. The monoisotopic (exact) mass is 353 g/mol. The number of imidazole rings is 2. The van der Waals surface area contributed by atoms with Crippen LogP contribution in [-0.4, -0.2) is 76.6 Å². The molecule has 0 unspecified atom stereocenters. The second kappa shape index (κ2) is 6.25. The van der Waals surface area contributed by atoms with Crippen LogP contribution in [-0.2, 0) is 9.53 Å². The second-order valence-corrected chi connectivity index (χ2v) is 5.39. The van der Waals surface area contributed by atoms with Gasteiger partial charge >= 0.3 is 5.97 Å². The summed E-state index contributed by atoms with van der Waals surface area (Å²) in [5, 5.41) is 37.6. The van der Waals surface area contributed by atoms with E-state index in [2.05, 4.69) is 15.0 Å². The SMILES string of the molecule is Nc1c(-c2ncc(C(=O)C(=O)O)[nH]2)ncn1[C@@H]1O[C@H](CO)[C@@H](O)[C@H]1O. The number of rotatable bonds is 5. The topological polar surface area (TPSA) is 197 Å². The van der Waals surface area contributed by atoms with Crippen molar-refractivity contribution in [2.75, 3.05) is 12.3 Å². The van der Waals surface area contributed by atoms with Gasteiger partial charge < -0.3 is 35.9 Å². The van der Waals surface area contributed by atoms with Gasteiger partial charge in [-0.15, -0.1) is 0 Å². The molecule has 0 amide bonds. The fourth-order valence-electron chi connectivity index (χ4n) is 2.54. The number of carboxylic acid groups (broad SMARTS) is 1. The van der Waals surface area contributed by atoms with E-state index in [1.54, 1.807) is 0 Å². The summed E-state index contributed by atoms with van der Waals surface area (Å²) in [4.78, 5) is 32.5. The lowest BCUT2D eigenvalue weighted by atomic mass is 10.1. The molecule has 0 bridgehead atoms. The van der Waals surface area contributed by atoms with E-state index in [0.29, 0.717) is 0 Å². The third-order valence-electron chi connectivity index (χ3n) is 3.86. The van der Waals surface area contributed by atoms with E-state index in [-0.39, 0.29) is 23.0 Å². The Bertz CT molecular complexity index is 816. The Morgan fingerprint density at radius 2 is 2.04 bits per heavy atom. The molecule has 1 saturated heterocycles. The van der Waals surface area contributed by atoms with Crippen LogP contribution in [0.25, 0.3) is 11.5 Å². The smallest absolute Gasteiger partial charge is 0.378 e. The zero-order valence-electron chi connectivity index (χ0n) is 12.6. The van der Waals surface area contributed by atoms with Gasteiger partial charge in [0.05, 0.1) is 19.1 Å². The number of aromatic amines is 1. The highest BCUT2D eigenvalue weighted by atomic mass is 16.6. The number of nitrogens with one attached hydrogen (secondary N) is 1. The third kappa shape index (κ3) is 2.76. The summed E-state index contributed by atoms with van der Waals surface area (Å²) in [7, 11) is 0. The van der Waals surface area contributed by atoms with Gasteiger partial charge in [0.2, 0.25) is 0 Å². The molecule has 2 aromatic rings. The summed E-state index contributed by atoms with van der Waals surface area (Å²) >= 11 is 0. The average molecular weight is 353 g/mol. The molecule has 12 heteroatoms. The maximum absolute atomic E-state index is 11.4. The first-order valence-corrected chi connectivity index (χ1v) is 7.13. The van der Waals surface area contributed by atoms with Crippen LogP contribution in [0.4, 0.5) is 5.82 Å². The van der Waals surface area contributed by atoms with Crippen molar-refractivity contribution in [3.05, 3.63) is 18.2 Å². The van der Waals surface area contributed by atoms with Crippen LogP contribution in [0.2, 0.25) is 0 Å². The highest BCUT2D eigenvalue weighted by Crippen LogP contribution is 2.33. The number of ether oxygens (including phenoxy) is 1. The van der Waals surface area contributed by atoms with Crippen molar-refractivity contribution < 1.29 is 34.8 Å². The minimum Gasteiger partial charge on any atom is -0.475 e. The molecular weight excluding hydrogens is 338 g/mol. The van der Waals surface area contributed by atoms with Crippen LogP contribution in [0.1, 0.15) is 16.7 Å². The highest BCUT2D eigenvalue weighted by molar-refractivity contribution is 6.39. The van der Waals surface area contributed by atoms with Crippen LogP contribution in [0.5, 0.6) is 0 Å². The predicted molar refractivity (Wildman–Crippen MR) is 79.2 cm³/mol. The molecule has 2 aromatic heterocycles. The van der Waals surface area contributed by atoms with Gasteiger partial charge in [0, 0.05) is 0 Å². The van der Waals surface area contributed by atoms with E-state index in [1.807, 2.05) is 0 Å². The number of aliphatic carboxylic acids is 1. The Hall–Kier alpha value is -2.80. The minimum absolute atomic E-state index is 0.00138. The number of aliphatic hydroxyl groups is 3. The summed E-state index contributed by atoms with van der Waals surface area (Å²) in [5.74, 6) is -2.76. The fraction of sp³-hybridized carbons (Fsp3) is 0.385. The van der Waals surface area contributed by atoms with Gasteiger partial charge in [-0.05, 0) is 0 Å². The number of aliphatic hydroxyl groups excluding tert-OH is 3. The summed E-state index contributed by atoms with van der Waals surface area (Å²) in [6.45, 7) is -0.491. The van der Waals surface area contributed by atoms with Crippen molar-refractivity contribution in [3.63, 3.8) is 0 Å². The zero-order chi connectivity index (χ0) is 18.3. The molecule has 1 fully saturated rings. The van der Waals surface area contributed by atoms with E-state index >= 15 is 0 Å². The highest BCUT2D eigenvalue weighted by Gasteiger charge is 2.44. The molecule has 7 N–H and O–H groups in total. The molecule has 3 heterocycles. The fourth-order valence-corrected chi connectivity index (χ4v) is 2.54. The van der Waals surface area contributed by atoms with E-state index in [1.165, 1.54) is 10.9 Å². The number of hydrogen-bond acceptors (Lipinski definition) is 9. The van der Waals surface area contributed by atoms with Gasteiger partial charge in [-0.25, -0.2) is 14.8 Å². The molecule has 25 heavy (non-hydrogen) atoms. The number of H-pyrrole nitrogens is 1. The number of Topliss-reactive ketones (excluding diaryl/α,β-unsaturated/α-hetero) is 1. The molecule has 0 aliphatic carbocycles. The molecule has 134 valence electrons. The van der Waals surface area contributed by atoms with Gasteiger partial charge in [0.25, 0.3) is 5.78 Å². The summed E-state index contributed by atoms with van der Waals surface area (Å²) in [6, 6.07) is 0. The second-order valence-electron chi connectivity index (χ2n) is 5.39. The van der Waals surface area contributed by atoms with Gasteiger partial charge in [0.15, 0.2) is 12.1 Å². The number of hydrogen-bond donors (Lipinski definition) is 6. The molecule has 0 saturated carbocycles. The van der Waals surface area contributed by atoms with Crippen LogP contribution in [0.3, 0.4) is 0 Å². The van der Waals surface area contributed by atoms with Crippen molar-refractivity contribution in [2.24, 2.45) is 0 Å².